The summed E-state index contributed by atoms with van der Waals surface area (Å²) < 4.78 is 11.1. The Balaban J connectivity index is 1.29. The summed E-state index contributed by atoms with van der Waals surface area (Å²) in [6, 6.07) is 4.15. The van der Waals surface area contributed by atoms with E-state index in [-0.39, 0.29) is 18.1 Å². The largest absolute Gasteiger partial charge is 0.469 e. The Morgan fingerprint density at radius 1 is 1.21 bits per heavy atom. The minimum absolute atomic E-state index is 0.225. The van der Waals surface area contributed by atoms with Gasteiger partial charge in [0.25, 0.3) is 0 Å². The first-order valence-electron chi connectivity index (χ1n) is 11.3. The number of likely N-dealkylation sites (tertiary alicyclic amines) is 1. The van der Waals surface area contributed by atoms with Crippen LogP contribution in [0.1, 0.15) is 50.7 Å². The van der Waals surface area contributed by atoms with E-state index in [1.54, 1.807) is 6.26 Å². The predicted molar refractivity (Wildman–Crippen MR) is 112 cm³/mol. The van der Waals surface area contributed by atoms with Crippen molar-refractivity contribution in [2.45, 2.75) is 63.5 Å². The van der Waals surface area contributed by atoms with Gasteiger partial charge >= 0.3 is 0 Å². The smallest absolute Gasteiger partial charge is 0.225 e. The van der Waals surface area contributed by atoms with Gasteiger partial charge in [-0.1, -0.05) is 12.8 Å². The van der Waals surface area contributed by atoms with Crippen molar-refractivity contribution in [3.8, 4) is 0 Å². The number of aliphatic imine (C=N–C) groups is 1. The van der Waals surface area contributed by atoms with Gasteiger partial charge in [0.15, 0.2) is 5.96 Å². The van der Waals surface area contributed by atoms with Crippen LogP contribution < -0.4 is 10.6 Å². The molecule has 1 saturated carbocycles. The Kier molecular flexibility index (Phi) is 7.09. The van der Waals surface area contributed by atoms with Crippen LogP contribution in [0.15, 0.2) is 27.8 Å². The van der Waals surface area contributed by atoms with Crippen LogP contribution in [0, 0.1) is 5.92 Å². The maximum Gasteiger partial charge on any atom is 0.225 e. The topological polar surface area (TPSA) is 79.1 Å². The third kappa shape index (κ3) is 5.75. The Morgan fingerprint density at radius 2 is 2.10 bits per heavy atom. The molecule has 160 valence electrons. The Morgan fingerprint density at radius 3 is 2.86 bits per heavy atom. The van der Waals surface area contributed by atoms with Crippen LogP contribution in [0.25, 0.3) is 0 Å². The molecule has 2 saturated heterocycles. The van der Waals surface area contributed by atoms with Gasteiger partial charge in [0.1, 0.15) is 5.76 Å². The zero-order chi connectivity index (χ0) is 19.9. The van der Waals surface area contributed by atoms with Gasteiger partial charge in [-0.3, -0.25) is 9.79 Å². The highest BCUT2D eigenvalue weighted by Gasteiger charge is 2.32. The summed E-state index contributed by atoms with van der Waals surface area (Å²) in [5.74, 6) is 2.39. The molecule has 2 unspecified atom stereocenters. The van der Waals surface area contributed by atoms with Crippen molar-refractivity contribution in [1.29, 1.82) is 0 Å². The molecule has 1 aromatic rings. The molecule has 1 aromatic heterocycles. The Bertz CT molecular complexity index is 664. The van der Waals surface area contributed by atoms with E-state index in [0.717, 1.165) is 76.5 Å². The summed E-state index contributed by atoms with van der Waals surface area (Å²) in [7, 11) is 0. The minimum Gasteiger partial charge on any atom is -0.469 e. The van der Waals surface area contributed by atoms with E-state index in [4.69, 9.17) is 14.1 Å². The fourth-order valence-electron chi connectivity index (χ4n) is 4.60. The SMILES string of the molecule is O=C(C1CCCC1)N1CCC(NC(=NCC2CCCO2)NCCc2ccco2)C1. The van der Waals surface area contributed by atoms with E-state index in [2.05, 4.69) is 10.6 Å². The molecule has 2 atom stereocenters. The number of furan rings is 1. The first-order valence-corrected chi connectivity index (χ1v) is 11.3. The van der Waals surface area contributed by atoms with Gasteiger partial charge in [-0.2, -0.15) is 0 Å². The molecule has 4 rings (SSSR count). The van der Waals surface area contributed by atoms with E-state index < -0.39 is 0 Å². The Labute approximate surface area is 173 Å². The lowest BCUT2D eigenvalue weighted by molar-refractivity contribution is -0.134. The molecule has 0 radical (unpaired) electrons. The van der Waals surface area contributed by atoms with Gasteiger partial charge in [-0.05, 0) is 44.2 Å². The van der Waals surface area contributed by atoms with Crippen molar-refractivity contribution in [3.05, 3.63) is 24.2 Å². The summed E-state index contributed by atoms with van der Waals surface area (Å²) in [6.45, 7) is 3.89. The minimum atomic E-state index is 0.225. The summed E-state index contributed by atoms with van der Waals surface area (Å²) in [5.41, 5.74) is 0. The van der Waals surface area contributed by atoms with Crippen molar-refractivity contribution in [2.75, 3.05) is 32.8 Å². The maximum atomic E-state index is 12.7. The van der Waals surface area contributed by atoms with Gasteiger partial charge in [-0.15, -0.1) is 0 Å². The number of ether oxygens (including phenoxy) is 1. The lowest BCUT2D eigenvalue weighted by Crippen LogP contribution is -2.46. The molecule has 1 aliphatic carbocycles. The second-order valence-electron chi connectivity index (χ2n) is 8.48. The summed E-state index contributed by atoms with van der Waals surface area (Å²) in [6.07, 6.45) is 10.4. The number of amides is 1. The molecule has 0 spiro atoms. The zero-order valence-corrected chi connectivity index (χ0v) is 17.3. The summed E-state index contributed by atoms with van der Waals surface area (Å²) in [5, 5.41) is 6.98. The van der Waals surface area contributed by atoms with Crippen LogP contribution in [0.5, 0.6) is 0 Å². The van der Waals surface area contributed by atoms with Crippen molar-refractivity contribution in [3.63, 3.8) is 0 Å². The third-order valence-electron chi connectivity index (χ3n) is 6.27. The van der Waals surface area contributed by atoms with Gasteiger partial charge in [0, 0.05) is 44.6 Å². The van der Waals surface area contributed by atoms with Crippen LogP contribution in [-0.4, -0.2) is 61.7 Å². The van der Waals surface area contributed by atoms with E-state index >= 15 is 0 Å². The molecule has 3 aliphatic rings. The quantitative estimate of drug-likeness (QED) is 0.541. The van der Waals surface area contributed by atoms with Gasteiger partial charge in [-0.25, -0.2) is 0 Å². The number of nitrogens with zero attached hydrogens (tertiary/aromatic N) is 2. The lowest BCUT2D eigenvalue weighted by atomic mass is 10.1. The first kappa shape index (κ1) is 20.3. The molecule has 3 heterocycles. The highest BCUT2D eigenvalue weighted by molar-refractivity contribution is 5.81. The number of carbonyl (C=O) groups is 1. The van der Waals surface area contributed by atoms with Crippen molar-refractivity contribution in [2.24, 2.45) is 10.9 Å². The average molecular weight is 403 g/mol. The van der Waals surface area contributed by atoms with Crippen molar-refractivity contribution >= 4 is 11.9 Å². The number of hydrogen-bond acceptors (Lipinski definition) is 4. The van der Waals surface area contributed by atoms with E-state index in [1.807, 2.05) is 17.0 Å². The number of rotatable bonds is 7. The molecule has 1 amide bonds. The average Bonchev–Trinajstić information content (AvgIpc) is 3.54. The molecule has 7 heteroatoms. The molecular weight excluding hydrogens is 368 g/mol. The highest BCUT2D eigenvalue weighted by Crippen LogP contribution is 2.27. The summed E-state index contributed by atoms with van der Waals surface area (Å²) in [4.78, 5) is 19.5. The van der Waals surface area contributed by atoms with Crippen molar-refractivity contribution in [1.82, 2.24) is 15.5 Å². The first-order chi connectivity index (χ1) is 14.3. The Hall–Kier alpha value is -2.02. The van der Waals surface area contributed by atoms with Crippen LogP contribution in [0.4, 0.5) is 0 Å². The van der Waals surface area contributed by atoms with Crippen LogP contribution >= 0.6 is 0 Å². The molecule has 3 fully saturated rings. The maximum absolute atomic E-state index is 12.7. The van der Waals surface area contributed by atoms with Gasteiger partial charge < -0.3 is 24.7 Å². The molecule has 0 bridgehead atoms. The zero-order valence-electron chi connectivity index (χ0n) is 17.3. The molecule has 2 N–H and O–H groups in total. The van der Waals surface area contributed by atoms with Crippen LogP contribution in [0.2, 0.25) is 0 Å². The second-order valence-corrected chi connectivity index (χ2v) is 8.48. The second kappa shape index (κ2) is 10.1. The molecule has 0 aromatic carbocycles. The lowest BCUT2D eigenvalue weighted by Gasteiger charge is -2.22. The summed E-state index contributed by atoms with van der Waals surface area (Å²) >= 11 is 0. The van der Waals surface area contributed by atoms with Crippen molar-refractivity contribution < 1.29 is 13.9 Å². The number of nitrogens with one attached hydrogen (secondary N) is 2. The highest BCUT2D eigenvalue weighted by atomic mass is 16.5. The number of guanidine groups is 1. The molecule has 29 heavy (non-hydrogen) atoms. The predicted octanol–water partition coefficient (Wildman–Crippen LogP) is 2.33. The molecule has 7 nitrogen and oxygen atoms in total. The molecule has 2 aliphatic heterocycles. The standard InChI is InChI=1S/C22H34N4O3/c27-21(17-5-1-2-6-17)26-12-10-18(16-26)25-22(24-15-20-8-4-14-29-20)23-11-9-19-7-3-13-28-19/h3,7,13,17-18,20H,1-2,4-6,8-12,14-16H2,(H2,23,24,25). The van der Waals surface area contributed by atoms with Crippen LogP contribution in [-0.2, 0) is 16.0 Å². The van der Waals surface area contributed by atoms with Gasteiger partial charge in [0.05, 0.1) is 18.9 Å². The van der Waals surface area contributed by atoms with E-state index in [1.165, 1.54) is 12.8 Å². The fourth-order valence-corrected chi connectivity index (χ4v) is 4.60. The van der Waals surface area contributed by atoms with E-state index in [0.29, 0.717) is 12.5 Å². The third-order valence-corrected chi connectivity index (χ3v) is 6.27. The van der Waals surface area contributed by atoms with Gasteiger partial charge in [0.2, 0.25) is 5.91 Å². The van der Waals surface area contributed by atoms with Crippen LogP contribution in [0.3, 0.4) is 0 Å². The van der Waals surface area contributed by atoms with E-state index in [9.17, 15) is 4.79 Å². The fraction of sp³-hybridized carbons (Fsp3) is 0.727. The normalized spacial score (nSPS) is 25.7. The number of carbonyl (C=O) groups excluding carboxylic acids is 1. The number of hydrogen-bond donors (Lipinski definition) is 2. The molecular formula is C22H34N4O3. The monoisotopic (exact) mass is 402 g/mol.